The van der Waals surface area contributed by atoms with Crippen molar-refractivity contribution in [2.45, 2.75) is 37.9 Å². The lowest BCUT2D eigenvalue weighted by Gasteiger charge is -2.22. The molecule has 1 aliphatic rings. The highest BCUT2D eigenvalue weighted by molar-refractivity contribution is 5.85. The molecule has 1 unspecified atom stereocenters. The molecule has 1 atom stereocenters. The standard InChI is InChI=1S/C9H15F3N2O.ClH/c10-9(11,12)4-6-14-8(15)7-3-1-2-5-13-7;/h7,13H,1-6H2,(H,14,15);1H. The van der Waals surface area contributed by atoms with Crippen LogP contribution < -0.4 is 10.6 Å². The molecule has 0 saturated carbocycles. The zero-order valence-corrected chi connectivity index (χ0v) is 9.59. The summed E-state index contributed by atoms with van der Waals surface area (Å²) in [7, 11) is 0. The van der Waals surface area contributed by atoms with Crippen molar-refractivity contribution in [3.05, 3.63) is 0 Å². The first-order valence-electron chi connectivity index (χ1n) is 5.07. The van der Waals surface area contributed by atoms with E-state index in [1.165, 1.54) is 0 Å². The van der Waals surface area contributed by atoms with Gasteiger partial charge < -0.3 is 10.6 Å². The van der Waals surface area contributed by atoms with Crippen LogP contribution in [0.5, 0.6) is 0 Å². The van der Waals surface area contributed by atoms with Gasteiger partial charge in [-0.05, 0) is 19.4 Å². The fourth-order valence-electron chi connectivity index (χ4n) is 1.53. The Balaban J connectivity index is 0.00000225. The van der Waals surface area contributed by atoms with E-state index < -0.39 is 12.6 Å². The molecule has 0 aliphatic carbocycles. The Bertz CT molecular complexity index is 217. The first kappa shape index (κ1) is 15.5. The summed E-state index contributed by atoms with van der Waals surface area (Å²) in [5.74, 6) is -0.320. The van der Waals surface area contributed by atoms with Gasteiger partial charge in [0.1, 0.15) is 0 Å². The van der Waals surface area contributed by atoms with Crippen LogP contribution in [0.25, 0.3) is 0 Å². The Morgan fingerprint density at radius 3 is 2.56 bits per heavy atom. The van der Waals surface area contributed by atoms with Crippen LogP contribution in [0, 0.1) is 0 Å². The molecule has 0 aromatic carbocycles. The summed E-state index contributed by atoms with van der Waals surface area (Å²) in [5, 5.41) is 5.26. The molecule has 1 fully saturated rings. The lowest BCUT2D eigenvalue weighted by Crippen LogP contribution is -2.47. The fourth-order valence-corrected chi connectivity index (χ4v) is 1.53. The highest BCUT2D eigenvalue weighted by atomic mass is 35.5. The van der Waals surface area contributed by atoms with Gasteiger partial charge in [-0.3, -0.25) is 4.79 Å². The van der Waals surface area contributed by atoms with Gasteiger partial charge in [-0.2, -0.15) is 13.2 Å². The molecule has 0 aromatic rings. The molecular weight excluding hydrogens is 245 g/mol. The molecule has 7 heteroatoms. The summed E-state index contributed by atoms with van der Waals surface area (Å²) < 4.78 is 35.3. The second kappa shape index (κ2) is 6.96. The van der Waals surface area contributed by atoms with Crippen LogP contribution in [0.15, 0.2) is 0 Å². The summed E-state index contributed by atoms with van der Waals surface area (Å²) in [6.45, 7) is 0.428. The third-order valence-corrected chi connectivity index (χ3v) is 2.33. The molecule has 0 aromatic heterocycles. The second-order valence-corrected chi connectivity index (χ2v) is 3.66. The first-order valence-corrected chi connectivity index (χ1v) is 5.07. The zero-order chi connectivity index (χ0) is 11.3. The maximum atomic E-state index is 11.8. The van der Waals surface area contributed by atoms with Crippen molar-refractivity contribution in [3.8, 4) is 0 Å². The monoisotopic (exact) mass is 260 g/mol. The molecule has 3 nitrogen and oxygen atoms in total. The van der Waals surface area contributed by atoms with Gasteiger partial charge in [0.05, 0.1) is 12.5 Å². The molecule has 2 N–H and O–H groups in total. The van der Waals surface area contributed by atoms with Crippen molar-refractivity contribution in [1.29, 1.82) is 0 Å². The van der Waals surface area contributed by atoms with Crippen molar-refractivity contribution in [3.63, 3.8) is 0 Å². The number of halogens is 4. The molecule has 1 rings (SSSR count). The predicted octanol–water partition coefficient (Wildman–Crippen LogP) is 1.62. The third-order valence-electron chi connectivity index (χ3n) is 2.33. The lowest BCUT2D eigenvalue weighted by molar-refractivity contribution is -0.136. The number of amides is 1. The average Bonchev–Trinajstić information content (AvgIpc) is 2.17. The van der Waals surface area contributed by atoms with E-state index in [4.69, 9.17) is 0 Å². The van der Waals surface area contributed by atoms with E-state index in [1.807, 2.05) is 0 Å². The van der Waals surface area contributed by atoms with Crippen molar-refractivity contribution >= 4 is 18.3 Å². The van der Waals surface area contributed by atoms with E-state index in [9.17, 15) is 18.0 Å². The Morgan fingerprint density at radius 2 is 2.06 bits per heavy atom. The lowest BCUT2D eigenvalue weighted by atomic mass is 10.0. The molecular formula is C9H16ClF3N2O. The van der Waals surface area contributed by atoms with Gasteiger partial charge in [-0.1, -0.05) is 6.42 Å². The van der Waals surface area contributed by atoms with E-state index in [-0.39, 0.29) is 30.9 Å². The van der Waals surface area contributed by atoms with Crippen LogP contribution in [0.4, 0.5) is 13.2 Å². The Hall–Kier alpha value is -0.490. The molecule has 1 saturated heterocycles. The van der Waals surface area contributed by atoms with E-state index in [2.05, 4.69) is 10.6 Å². The second-order valence-electron chi connectivity index (χ2n) is 3.66. The van der Waals surface area contributed by atoms with Gasteiger partial charge in [-0.25, -0.2) is 0 Å². The average molecular weight is 261 g/mol. The predicted molar refractivity (Wildman–Crippen MR) is 56.6 cm³/mol. The van der Waals surface area contributed by atoms with E-state index in [0.717, 1.165) is 19.4 Å². The first-order chi connectivity index (χ1) is 6.99. The third kappa shape index (κ3) is 6.17. The number of rotatable bonds is 3. The van der Waals surface area contributed by atoms with Crippen LogP contribution in [0.1, 0.15) is 25.7 Å². The van der Waals surface area contributed by atoms with Crippen LogP contribution in [-0.2, 0) is 4.79 Å². The van der Waals surface area contributed by atoms with Crippen LogP contribution in [-0.4, -0.2) is 31.2 Å². The number of carbonyl (C=O) groups is 1. The van der Waals surface area contributed by atoms with Crippen LogP contribution >= 0.6 is 12.4 Å². The highest BCUT2D eigenvalue weighted by Gasteiger charge is 2.27. The normalized spacial score (nSPS) is 21.1. The maximum absolute atomic E-state index is 11.8. The van der Waals surface area contributed by atoms with Crippen molar-refractivity contribution in [2.24, 2.45) is 0 Å². The SMILES string of the molecule is Cl.O=C(NCCC(F)(F)F)C1CCCCN1. The van der Waals surface area contributed by atoms with Gasteiger partial charge in [0.2, 0.25) is 5.91 Å². The van der Waals surface area contributed by atoms with Gasteiger partial charge in [-0.15, -0.1) is 12.4 Å². The van der Waals surface area contributed by atoms with Crippen LogP contribution in [0.2, 0.25) is 0 Å². The van der Waals surface area contributed by atoms with Gasteiger partial charge in [0.15, 0.2) is 0 Å². The quantitative estimate of drug-likeness (QED) is 0.810. The number of hydrogen-bond acceptors (Lipinski definition) is 2. The Labute approximate surface area is 98.6 Å². The number of nitrogens with one attached hydrogen (secondary N) is 2. The molecule has 0 spiro atoms. The maximum Gasteiger partial charge on any atom is 0.390 e. The summed E-state index contributed by atoms with van der Waals surface area (Å²) in [6.07, 6.45) is -2.49. The van der Waals surface area contributed by atoms with Gasteiger partial charge in [0.25, 0.3) is 0 Å². The molecule has 96 valence electrons. The fraction of sp³-hybridized carbons (Fsp3) is 0.889. The van der Waals surface area contributed by atoms with E-state index >= 15 is 0 Å². The largest absolute Gasteiger partial charge is 0.390 e. The number of alkyl halides is 3. The minimum Gasteiger partial charge on any atom is -0.354 e. The van der Waals surface area contributed by atoms with E-state index in [0.29, 0.717) is 6.42 Å². The summed E-state index contributed by atoms with van der Waals surface area (Å²) in [4.78, 5) is 11.3. The summed E-state index contributed by atoms with van der Waals surface area (Å²) in [5.41, 5.74) is 0. The topological polar surface area (TPSA) is 41.1 Å². The summed E-state index contributed by atoms with van der Waals surface area (Å²) >= 11 is 0. The van der Waals surface area contributed by atoms with Crippen molar-refractivity contribution < 1.29 is 18.0 Å². The number of piperidine rings is 1. The molecule has 1 aliphatic heterocycles. The minimum absolute atomic E-state index is 0. The van der Waals surface area contributed by atoms with Gasteiger partial charge in [0, 0.05) is 6.54 Å². The Kier molecular flexibility index (Phi) is 6.74. The van der Waals surface area contributed by atoms with Crippen molar-refractivity contribution in [1.82, 2.24) is 10.6 Å². The van der Waals surface area contributed by atoms with Crippen molar-refractivity contribution in [2.75, 3.05) is 13.1 Å². The Morgan fingerprint density at radius 1 is 1.38 bits per heavy atom. The summed E-state index contributed by atoms with van der Waals surface area (Å²) in [6, 6.07) is -0.313. The molecule has 1 heterocycles. The van der Waals surface area contributed by atoms with Gasteiger partial charge >= 0.3 is 6.18 Å². The number of carbonyl (C=O) groups excluding carboxylic acids is 1. The van der Waals surface area contributed by atoms with Crippen LogP contribution in [0.3, 0.4) is 0 Å². The molecule has 16 heavy (non-hydrogen) atoms. The minimum atomic E-state index is -4.20. The highest BCUT2D eigenvalue weighted by Crippen LogP contribution is 2.18. The molecule has 0 bridgehead atoms. The zero-order valence-electron chi connectivity index (χ0n) is 8.77. The smallest absolute Gasteiger partial charge is 0.354 e. The van der Waals surface area contributed by atoms with E-state index in [1.54, 1.807) is 0 Å². The molecule has 1 amide bonds. The number of hydrogen-bond donors (Lipinski definition) is 2. The molecule has 0 radical (unpaired) electrons.